The van der Waals surface area contributed by atoms with E-state index in [0.29, 0.717) is 5.57 Å². The first-order valence-corrected chi connectivity index (χ1v) is 7.48. The fourth-order valence-electron chi connectivity index (χ4n) is 1.14. The van der Waals surface area contributed by atoms with E-state index in [1.807, 2.05) is 20.8 Å². The minimum absolute atomic E-state index is 0.347. The summed E-state index contributed by atoms with van der Waals surface area (Å²) in [6.45, 7) is 11.0. The number of allylic oxidation sites excluding steroid dienone is 4. The summed E-state index contributed by atoms with van der Waals surface area (Å²) in [6, 6.07) is -1.75. The maximum Gasteiger partial charge on any atom is 0.330 e. The number of carbonyl (C=O) groups excluding carboxylic acids is 2. The fraction of sp³-hybridized carbons (Fsp3) is 0.353. The molecule has 0 aliphatic heterocycles. The second-order valence-corrected chi connectivity index (χ2v) is 4.34. The van der Waals surface area contributed by atoms with Crippen LogP contribution in [0.2, 0.25) is 0 Å². The van der Waals surface area contributed by atoms with E-state index in [1.54, 1.807) is 25.2 Å². The fourth-order valence-corrected chi connectivity index (χ4v) is 1.14. The van der Waals surface area contributed by atoms with Crippen molar-refractivity contribution in [2.45, 2.75) is 33.7 Å². The summed E-state index contributed by atoms with van der Waals surface area (Å²) in [6.07, 6.45) is 7.21. The third-order valence-electron chi connectivity index (χ3n) is 2.56. The summed E-state index contributed by atoms with van der Waals surface area (Å²) in [5.41, 5.74) is 1.22. The van der Waals surface area contributed by atoms with Gasteiger partial charge < -0.3 is 21.1 Å². The summed E-state index contributed by atoms with van der Waals surface area (Å²) in [7, 11) is 1.42. The zero-order valence-electron chi connectivity index (χ0n) is 14.8. The van der Waals surface area contributed by atoms with Crippen molar-refractivity contribution in [2.75, 3.05) is 7.05 Å². The third-order valence-corrected chi connectivity index (χ3v) is 2.56. The van der Waals surface area contributed by atoms with Crippen molar-refractivity contribution in [1.29, 1.82) is 0 Å². The number of carbonyl (C=O) groups is 3. The molecule has 0 aromatic heterocycles. The van der Waals surface area contributed by atoms with Gasteiger partial charge in [-0.2, -0.15) is 0 Å². The first-order chi connectivity index (χ1) is 11.3. The lowest BCUT2D eigenvalue weighted by Gasteiger charge is -2.10. The first-order valence-electron chi connectivity index (χ1n) is 7.48. The Morgan fingerprint density at radius 3 is 2.17 bits per heavy atom. The molecule has 0 saturated carbocycles. The molecule has 0 aromatic rings. The monoisotopic (exact) mass is 337 g/mol. The van der Waals surface area contributed by atoms with Gasteiger partial charge in [0, 0.05) is 18.8 Å². The number of nitrogens with one attached hydrogen (secondary N) is 3. The molecule has 4 N–H and O–H groups in total. The van der Waals surface area contributed by atoms with Crippen molar-refractivity contribution >= 4 is 17.9 Å². The summed E-state index contributed by atoms with van der Waals surface area (Å²) < 4.78 is 0. The average Bonchev–Trinajstić information content (AvgIpc) is 2.59. The largest absolute Gasteiger partial charge is 0.479 e. The Hall–Kier alpha value is -2.83. The Bertz CT molecular complexity index is 534. The Morgan fingerprint density at radius 2 is 1.71 bits per heavy atom. The third kappa shape index (κ3) is 10.8. The highest BCUT2D eigenvalue weighted by Crippen LogP contribution is 2.00. The number of aliphatic carboxylic acids is 1. The van der Waals surface area contributed by atoms with E-state index in [1.165, 1.54) is 7.05 Å². The molecule has 1 atom stereocenters. The van der Waals surface area contributed by atoms with Crippen molar-refractivity contribution in [1.82, 2.24) is 16.0 Å². The van der Waals surface area contributed by atoms with Gasteiger partial charge in [0.1, 0.15) is 6.04 Å². The van der Waals surface area contributed by atoms with Gasteiger partial charge in [-0.3, -0.25) is 4.79 Å². The zero-order chi connectivity index (χ0) is 19.1. The highest BCUT2D eigenvalue weighted by molar-refractivity contribution is 5.96. The van der Waals surface area contributed by atoms with Gasteiger partial charge in [-0.05, 0) is 19.9 Å². The minimum atomic E-state index is -1.25. The van der Waals surface area contributed by atoms with Crippen molar-refractivity contribution in [2.24, 2.45) is 0 Å². The molecule has 0 aliphatic carbocycles. The molecule has 3 amide bonds. The Morgan fingerprint density at radius 1 is 1.12 bits per heavy atom. The molecule has 1 unspecified atom stereocenters. The molecule has 24 heavy (non-hydrogen) atoms. The molecule has 0 saturated heterocycles. The number of urea groups is 1. The van der Waals surface area contributed by atoms with Gasteiger partial charge in [0.2, 0.25) is 5.91 Å². The van der Waals surface area contributed by atoms with Crippen LogP contribution in [-0.2, 0) is 9.59 Å². The van der Waals surface area contributed by atoms with Crippen molar-refractivity contribution in [3.05, 3.63) is 48.2 Å². The molecule has 0 heterocycles. The normalized spacial score (nSPS) is 12.5. The van der Waals surface area contributed by atoms with E-state index in [4.69, 9.17) is 5.11 Å². The van der Waals surface area contributed by atoms with E-state index < -0.39 is 23.9 Å². The van der Waals surface area contributed by atoms with Gasteiger partial charge in [-0.15, -0.1) is 0 Å². The number of amides is 3. The van der Waals surface area contributed by atoms with Gasteiger partial charge in [0.25, 0.3) is 0 Å². The minimum Gasteiger partial charge on any atom is -0.479 e. The van der Waals surface area contributed by atoms with E-state index in [2.05, 4.69) is 22.5 Å². The Balaban J connectivity index is 0. The molecule has 134 valence electrons. The summed E-state index contributed by atoms with van der Waals surface area (Å²) in [5, 5.41) is 16.0. The van der Waals surface area contributed by atoms with Crippen LogP contribution < -0.4 is 16.0 Å². The second-order valence-electron chi connectivity index (χ2n) is 4.34. The summed E-state index contributed by atoms with van der Waals surface area (Å²) in [4.78, 5) is 33.9. The van der Waals surface area contributed by atoms with Crippen LogP contribution in [0.4, 0.5) is 4.79 Å². The molecule has 7 heteroatoms. The molecule has 0 aliphatic rings. The summed E-state index contributed by atoms with van der Waals surface area (Å²) >= 11 is 0. The predicted octanol–water partition coefficient (Wildman–Crippen LogP) is 2.10. The Labute approximate surface area is 143 Å². The van der Waals surface area contributed by atoms with Gasteiger partial charge in [0.15, 0.2) is 0 Å². The first kappa shape index (κ1) is 23.4. The van der Waals surface area contributed by atoms with E-state index in [0.717, 1.165) is 17.8 Å². The Kier molecular flexibility index (Phi) is 13.5. The smallest absolute Gasteiger partial charge is 0.330 e. The lowest BCUT2D eigenvalue weighted by Crippen LogP contribution is -2.40. The van der Waals surface area contributed by atoms with Crippen LogP contribution in [0.15, 0.2) is 48.2 Å². The van der Waals surface area contributed by atoms with Gasteiger partial charge in [-0.25, -0.2) is 9.59 Å². The zero-order valence-corrected chi connectivity index (χ0v) is 14.8. The lowest BCUT2D eigenvalue weighted by atomic mass is 10.2. The van der Waals surface area contributed by atoms with Gasteiger partial charge in [-0.1, -0.05) is 44.2 Å². The lowest BCUT2D eigenvalue weighted by molar-refractivity contribution is -0.139. The molecular formula is C17H27N3O4. The quantitative estimate of drug-likeness (QED) is 0.421. The number of hydrogen-bond acceptors (Lipinski definition) is 3. The second kappa shape index (κ2) is 13.8. The van der Waals surface area contributed by atoms with Crippen LogP contribution in [-0.4, -0.2) is 36.1 Å². The molecule has 0 spiro atoms. The van der Waals surface area contributed by atoms with Crippen LogP contribution in [0.3, 0.4) is 0 Å². The van der Waals surface area contributed by atoms with Crippen LogP contribution >= 0.6 is 0 Å². The molecule has 0 aromatic carbocycles. The van der Waals surface area contributed by atoms with Gasteiger partial charge in [0.05, 0.1) is 0 Å². The van der Waals surface area contributed by atoms with Crippen LogP contribution in [0.5, 0.6) is 0 Å². The van der Waals surface area contributed by atoms with Crippen LogP contribution in [0.25, 0.3) is 0 Å². The SMILES string of the molecule is C=C/C(C)=C\C=C(/C)C(=O)NC(C=CNC(=O)NC)C(=O)O.CC. The average molecular weight is 337 g/mol. The van der Waals surface area contributed by atoms with E-state index >= 15 is 0 Å². The maximum absolute atomic E-state index is 11.9. The van der Waals surface area contributed by atoms with Gasteiger partial charge >= 0.3 is 12.0 Å². The molecular weight excluding hydrogens is 310 g/mol. The molecule has 0 radical (unpaired) electrons. The number of carboxylic acids is 1. The van der Waals surface area contributed by atoms with Crippen molar-refractivity contribution in [3.8, 4) is 0 Å². The van der Waals surface area contributed by atoms with Crippen molar-refractivity contribution < 1.29 is 19.5 Å². The number of rotatable bonds is 7. The van der Waals surface area contributed by atoms with E-state index in [9.17, 15) is 14.4 Å². The topological polar surface area (TPSA) is 108 Å². The highest BCUT2D eigenvalue weighted by atomic mass is 16.4. The molecule has 0 fully saturated rings. The predicted molar refractivity (Wildman–Crippen MR) is 95.4 cm³/mol. The molecule has 0 rings (SSSR count). The van der Waals surface area contributed by atoms with Crippen LogP contribution in [0, 0.1) is 0 Å². The molecule has 0 bridgehead atoms. The maximum atomic E-state index is 11.9. The molecule has 7 nitrogen and oxygen atoms in total. The summed E-state index contributed by atoms with van der Waals surface area (Å²) in [5.74, 6) is -1.76. The van der Waals surface area contributed by atoms with E-state index in [-0.39, 0.29) is 0 Å². The van der Waals surface area contributed by atoms with Crippen molar-refractivity contribution in [3.63, 3.8) is 0 Å². The highest BCUT2D eigenvalue weighted by Gasteiger charge is 2.17. The standard InChI is InChI=1S/C15H21N3O4.C2H6/c1-5-10(2)6-7-11(3)13(19)18-12(14(20)21)8-9-17-15(22)16-4;1-2/h5-9,12H,1H2,2-4H3,(H,18,19)(H,20,21)(H2,16,17,22);1-2H3/b9-8?,10-6-,11-7+;. The number of carboxylic acid groups (broad SMARTS) is 1. The van der Waals surface area contributed by atoms with Crippen LogP contribution in [0.1, 0.15) is 27.7 Å². The number of hydrogen-bond donors (Lipinski definition) is 4.